The van der Waals surface area contributed by atoms with E-state index in [1.165, 1.54) is 0 Å². The van der Waals surface area contributed by atoms with Gasteiger partial charge in [-0.3, -0.25) is 9.55 Å². The summed E-state index contributed by atoms with van der Waals surface area (Å²) in [6.45, 7) is 14.1. The summed E-state index contributed by atoms with van der Waals surface area (Å²) in [5.74, 6) is 0.462. The second-order valence-corrected chi connectivity index (χ2v) is 18.4. The van der Waals surface area contributed by atoms with Crippen LogP contribution in [-0.4, -0.2) is 19.6 Å². The fourth-order valence-electron chi connectivity index (χ4n) is 8.30. The largest absolute Gasteiger partial charge is 0.507 e. The first kappa shape index (κ1) is 35.1. The number of aryl methyl sites for hydroxylation is 3. The summed E-state index contributed by atoms with van der Waals surface area (Å²) in [5, 5.41) is 12.0. The fraction of sp³-hybridized carbons (Fsp3) is 0.186. The Morgan fingerprint density at radius 2 is 1.31 bits per heavy atom. The summed E-state index contributed by atoms with van der Waals surface area (Å²) in [6.07, 6.45) is 1.57. The predicted molar refractivity (Wildman–Crippen MR) is 264 cm³/mol. The third-order valence-electron chi connectivity index (χ3n) is 11.7. The minimum Gasteiger partial charge on any atom is -0.507 e. The van der Waals surface area contributed by atoms with Crippen molar-refractivity contribution in [2.24, 2.45) is 0 Å². The number of para-hydroxylation sites is 1. The maximum Gasteiger partial charge on any atom is 0.148 e. The van der Waals surface area contributed by atoms with E-state index in [1.54, 1.807) is 24.4 Å². The van der Waals surface area contributed by atoms with Crippen molar-refractivity contribution >= 4 is 11.0 Å². The van der Waals surface area contributed by atoms with Crippen LogP contribution in [0.4, 0.5) is 0 Å². The normalized spacial score (nSPS) is 13.8. The second kappa shape index (κ2) is 17.3. The van der Waals surface area contributed by atoms with Crippen molar-refractivity contribution in [1.82, 2.24) is 14.5 Å². The molecule has 0 atom stereocenters. The zero-order valence-corrected chi connectivity index (χ0v) is 39.5. The molecule has 0 radical (unpaired) electrons. The summed E-state index contributed by atoms with van der Waals surface area (Å²) in [7, 11) is 0. The monoisotopic (exact) mass is 1020 g/mol. The fourth-order valence-corrected chi connectivity index (χ4v) is 8.30. The number of aromatic hydroxyl groups is 1. The predicted octanol–water partition coefficient (Wildman–Crippen LogP) is 15.4. The van der Waals surface area contributed by atoms with Gasteiger partial charge in [0.25, 0.3) is 0 Å². The van der Waals surface area contributed by atoms with E-state index < -0.39 is 25.0 Å². The number of hydrogen-bond acceptors (Lipinski definition) is 3. The van der Waals surface area contributed by atoms with Crippen molar-refractivity contribution in [3.63, 3.8) is 0 Å². The number of imidazole rings is 1. The van der Waals surface area contributed by atoms with Gasteiger partial charge in [-0.05, 0) is 112 Å². The molecule has 64 heavy (non-hydrogen) atoms. The standard InChI is InChI=1S/C59H54N3O.Pt/c1-37-29-39(3)56(63)51(30-37)57-61-55-48(44-32-45(34-47(33-44)59(7,8)9)52-35-43(27-28-60-52)40-17-12-10-13-18-40)21-16-22-53(55)62(57)54-31-38(2)49(41-19-14-11-15-20-41)36-50(54)42-23-25-46(26-24-42)58(4,5)6;/h10-31,33-36,63H,1-9H3;/q-1;/i2D3,10D,12D,13D,17D,18D;. The van der Waals surface area contributed by atoms with Crippen LogP contribution in [0.5, 0.6) is 5.75 Å². The first-order chi connectivity index (χ1) is 33.4. The molecule has 322 valence electrons. The number of nitrogens with zero attached hydrogens (tertiary/aromatic N) is 3. The van der Waals surface area contributed by atoms with Crippen LogP contribution < -0.4 is 0 Å². The summed E-state index contributed by atoms with van der Waals surface area (Å²) in [6, 6.07) is 40.5. The van der Waals surface area contributed by atoms with E-state index in [-0.39, 0.29) is 60.9 Å². The SMILES string of the molecule is [2H]c1c([2H])c([2H])c(-c2ccnc(-c3[c-]c(-c4cccc5c4nc(-c4cc(C)cc(C)c4O)n5-c4cc(C([2H])([2H])[2H])c(-c5ccccc5)cc4-c4ccc(C(C)(C)C)cc4)cc(C(C)(C)C)c3)c2)c([2H])c1[2H].[Pt]. The maximum atomic E-state index is 12.0. The van der Waals surface area contributed by atoms with Crippen molar-refractivity contribution in [2.45, 2.75) is 73.1 Å². The molecule has 0 amide bonds. The molecule has 1 N–H and O–H groups in total. The van der Waals surface area contributed by atoms with E-state index in [4.69, 9.17) is 20.9 Å². The molecule has 9 aromatic rings. The molecule has 9 rings (SSSR count). The first-order valence-corrected chi connectivity index (χ1v) is 21.2. The van der Waals surface area contributed by atoms with Crippen LogP contribution in [0.2, 0.25) is 0 Å². The molecule has 0 bridgehead atoms. The third-order valence-corrected chi connectivity index (χ3v) is 11.7. The van der Waals surface area contributed by atoms with Gasteiger partial charge in [-0.25, -0.2) is 4.98 Å². The van der Waals surface area contributed by atoms with Crippen molar-refractivity contribution in [2.75, 3.05) is 0 Å². The molecule has 0 fully saturated rings. The quantitative estimate of drug-likeness (QED) is 0.162. The van der Waals surface area contributed by atoms with Gasteiger partial charge in [0.1, 0.15) is 11.6 Å². The number of hydrogen-bond donors (Lipinski definition) is 1. The molecule has 4 nitrogen and oxygen atoms in total. The summed E-state index contributed by atoms with van der Waals surface area (Å²) >= 11 is 0. The molecule has 0 aliphatic heterocycles. The van der Waals surface area contributed by atoms with Crippen molar-refractivity contribution < 1.29 is 37.1 Å². The molecule has 0 spiro atoms. The number of aromatic nitrogens is 3. The van der Waals surface area contributed by atoms with E-state index in [0.717, 1.165) is 33.4 Å². The molecule has 0 aliphatic rings. The van der Waals surface area contributed by atoms with E-state index in [2.05, 4.69) is 77.9 Å². The number of pyridine rings is 1. The number of rotatable bonds is 7. The second-order valence-electron chi connectivity index (χ2n) is 18.4. The van der Waals surface area contributed by atoms with Crippen LogP contribution in [0.3, 0.4) is 0 Å². The van der Waals surface area contributed by atoms with Gasteiger partial charge >= 0.3 is 0 Å². The minimum atomic E-state index is -2.52. The average Bonchev–Trinajstić information content (AvgIpc) is 3.72. The number of phenolic OH excluding ortho intramolecular Hbond substituents is 1. The maximum absolute atomic E-state index is 12.0. The van der Waals surface area contributed by atoms with Gasteiger partial charge in [-0.15, -0.1) is 29.3 Å². The molecule has 7 aromatic carbocycles. The van der Waals surface area contributed by atoms with Crippen LogP contribution in [0.1, 0.15) is 80.3 Å². The Morgan fingerprint density at radius 3 is 2.02 bits per heavy atom. The van der Waals surface area contributed by atoms with Crippen LogP contribution >= 0.6 is 0 Å². The van der Waals surface area contributed by atoms with E-state index in [1.807, 2.05) is 91.2 Å². The number of benzene rings is 7. The molecule has 0 unspecified atom stereocenters. The smallest absolute Gasteiger partial charge is 0.148 e. The van der Waals surface area contributed by atoms with Crippen LogP contribution in [0.25, 0.3) is 83.9 Å². The first-order valence-electron chi connectivity index (χ1n) is 25.2. The van der Waals surface area contributed by atoms with Gasteiger partial charge in [0.05, 0.1) is 29.1 Å². The number of phenols is 1. The Labute approximate surface area is 404 Å². The van der Waals surface area contributed by atoms with Gasteiger partial charge in [-0.2, -0.15) is 0 Å². The molecule has 2 heterocycles. The van der Waals surface area contributed by atoms with Gasteiger partial charge < -0.3 is 5.11 Å². The Kier molecular flexibility index (Phi) is 9.48. The summed E-state index contributed by atoms with van der Waals surface area (Å²) in [5.41, 5.74) is 11.6. The topological polar surface area (TPSA) is 50.9 Å². The molecule has 0 saturated heterocycles. The van der Waals surface area contributed by atoms with E-state index in [0.29, 0.717) is 67.2 Å². The van der Waals surface area contributed by atoms with E-state index in [9.17, 15) is 5.11 Å². The summed E-state index contributed by atoms with van der Waals surface area (Å²) < 4.78 is 71.1. The van der Waals surface area contributed by atoms with Crippen molar-refractivity contribution in [3.05, 3.63) is 192 Å². The molecular formula is C59H54N3OPt-. The van der Waals surface area contributed by atoms with Crippen molar-refractivity contribution in [1.29, 1.82) is 0 Å². The Balaban J connectivity index is 0.00000693. The Morgan fingerprint density at radius 1 is 0.609 bits per heavy atom. The minimum absolute atomic E-state index is 0. The Bertz CT molecular complexity index is 3540. The zero-order valence-electron chi connectivity index (χ0n) is 45.2. The van der Waals surface area contributed by atoms with Gasteiger partial charge in [0.2, 0.25) is 0 Å². The zero-order chi connectivity index (χ0) is 51.1. The van der Waals surface area contributed by atoms with Crippen LogP contribution in [0, 0.1) is 26.8 Å². The molecule has 0 aliphatic carbocycles. The molecule has 5 heteroatoms. The Hall–Kier alpha value is -6.35. The van der Waals surface area contributed by atoms with Crippen LogP contribution in [-0.2, 0) is 31.9 Å². The number of fused-ring (bicyclic) bond motifs is 1. The molecular weight excluding hydrogens is 962 g/mol. The van der Waals surface area contributed by atoms with Crippen molar-refractivity contribution in [3.8, 4) is 78.6 Å². The van der Waals surface area contributed by atoms with Gasteiger partial charge in [0, 0.05) is 42.6 Å². The van der Waals surface area contributed by atoms with E-state index >= 15 is 0 Å². The van der Waals surface area contributed by atoms with Gasteiger partial charge in [-0.1, -0.05) is 162 Å². The average molecular weight is 1020 g/mol. The summed E-state index contributed by atoms with van der Waals surface area (Å²) in [4.78, 5) is 10.2. The van der Waals surface area contributed by atoms with Crippen LogP contribution in [0.15, 0.2) is 158 Å². The molecule has 0 saturated carbocycles. The van der Waals surface area contributed by atoms with Gasteiger partial charge in [0.15, 0.2) is 0 Å². The third kappa shape index (κ3) is 8.52. The molecule has 2 aromatic heterocycles.